The van der Waals surface area contributed by atoms with Gasteiger partial charge in [0, 0.05) is 5.25 Å². The van der Waals surface area contributed by atoms with E-state index in [1.165, 1.54) is 12.8 Å². The Morgan fingerprint density at radius 3 is 2.67 bits per heavy atom. The summed E-state index contributed by atoms with van der Waals surface area (Å²) in [6.45, 7) is 1.77. The first-order valence-corrected chi connectivity index (χ1v) is 4.42. The zero-order chi connectivity index (χ0) is 6.85. The van der Waals surface area contributed by atoms with Gasteiger partial charge in [-0.3, -0.25) is 4.21 Å². The van der Waals surface area contributed by atoms with Crippen molar-refractivity contribution in [3.63, 3.8) is 0 Å². The second-order valence-corrected chi connectivity index (χ2v) is 4.08. The Labute approximate surface area is 57.9 Å². The second kappa shape index (κ2) is 2.80. The van der Waals surface area contributed by atoms with Crippen LogP contribution >= 0.6 is 0 Å². The molecule has 0 aliphatic heterocycles. The van der Waals surface area contributed by atoms with Gasteiger partial charge in [-0.1, -0.05) is 30.8 Å². The SMILES string of the molecule is CC(CC1CC1)S(=O)[O-]. The van der Waals surface area contributed by atoms with Gasteiger partial charge >= 0.3 is 0 Å². The van der Waals surface area contributed by atoms with Gasteiger partial charge in [0.2, 0.25) is 0 Å². The van der Waals surface area contributed by atoms with Crippen LogP contribution in [0.1, 0.15) is 26.2 Å². The summed E-state index contributed by atoms with van der Waals surface area (Å²) in [5.41, 5.74) is 0. The van der Waals surface area contributed by atoms with Crippen molar-refractivity contribution in [1.29, 1.82) is 0 Å². The molecule has 0 aromatic carbocycles. The summed E-state index contributed by atoms with van der Waals surface area (Å²) in [7, 11) is 0. The van der Waals surface area contributed by atoms with Crippen LogP contribution in [0.4, 0.5) is 0 Å². The Morgan fingerprint density at radius 1 is 1.78 bits per heavy atom. The van der Waals surface area contributed by atoms with Crippen LogP contribution < -0.4 is 0 Å². The highest BCUT2D eigenvalue weighted by Gasteiger charge is 2.23. The molecule has 0 bridgehead atoms. The molecule has 0 aromatic rings. The quantitative estimate of drug-likeness (QED) is 0.560. The first-order chi connectivity index (χ1) is 4.20. The summed E-state index contributed by atoms with van der Waals surface area (Å²) in [4.78, 5) is 0. The van der Waals surface area contributed by atoms with Crippen molar-refractivity contribution in [2.24, 2.45) is 5.92 Å². The third-order valence-electron chi connectivity index (χ3n) is 1.69. The van der Waals surface area contributed by atoms with Gasteiger partial charge in [-0.05, 0) is 12.3 Å². The van der Waals surface area contributed by atoms with Gasteiger partial charge in [-0.15, -0.1) is 0 Å². The summed E-state index contributed by atoms with van der Waals surface area (Å²) in [5, 5.41) is -0.127. The molecular formula is C6H11O2S-. The first-order valence-electron chi connectivity index (χ1n) is 3.28. The van der Waals surface area contributed by atoms with E-state index in [4.69, 9.17) is 0 Å². The summed E-state index contributed by atoms with van der Waals surface area (Å²) in [6.07, 6.45) is 3.35. The van der Waals surface area contributed by atoms with Crippen LogP contribution in [0.15, 0.2) is 0 Å². The predicted molar refractivity (Wildman–Crippen MR) is 35.7 cm³/mol. The summed E-state index contributed by atoms with van der Waals surface area (Å²) >= 11 is -1.84. The van der Waals surface area contributed by atoms with Crippen LogP contribution in [0.3, 0.4) is 0 Å². The van der Waals surface area contributed by atoms with E-state index in [-0.39, 0.29) is 5.25 Å². The van der Waals surface area contributed by atoms with E-state index in [2.05, 4.69) is 0 Å². The standard InChI is InChI=1S/C6H12O2S/c1-5(9(7)8)4-6-2-3-6/h5-6H,2-4H2,1H3,(H,7,8)/p-1. The first kappa shape index (κ1) is 7.22. The van der Waals surface area contributed by atoms with Crippen molar-refractivity contribution < 1.29 is 8.76 Å². The number of hydrogen-bond donors (Lipinski definition) is 0. The molecule has 1 saturated carbocycles. The van der Waals surface area contributed by atoms with E-state index < -0.39 is 11.1 Å². The predicted octanol–water partition coefficient (Wildman–Crippen LogP) is 1.05. The highest BCUT2D eigenvalue weighted by molar-refractivity contribution is 7.79. The fourth-order valence-corrected chi connectivity index (χ4v) is 1.33. The molecular weight excluding hydrogens is 136 g/mol. The third kappa shape index (κ3) is 2.45. The van der Waals surface area contributed by atoms with Gasteiger partial charge in [0.15, 0.2) is 0 Å². The average molecular weight is 147 g/mol. The van der Waals surface area contributed by atoms with Gasteiger partial charge in [0.05, 0.1) is 0 Å². The Kier molecular flexibility index (Phi) is 2.24. The van der Waals surface area contributed by atoms with Crippen LogP contribution in [-0.4, -0.2) is 14.0 Å². The van der Waals surface area contributed by atoms with E-state index in [0.717, 1.165) is 12.3 Å². The fourth-order valence-electron chi connectivity index (χ4n) is 0.902. The van der Waals surface area contributed by atoms with E-state index in [0.29, 0.717) is 0 Å². The van der Waals surface area contributed by atoms with Crippen molar-refractivity contribution in [2.75, 3.05) is 0 Å². The minimum absolute atomic E-state index is 0.127. The molecule has 0 spiro atoms. The maximum absolute atomic E-state index is 10.3. The highest BCUT2D eigenvalue weighted by atomic mass is 32.2. The monoisotopic (exact) mass is 147 g/mol. The molecule has 9 heavy (non-hydrogen) atoms. The highest BCUT2D eigenvalue weighted by Crippen LogP contribution is 2.34. The molecule has 2 atom stereocenters. The maximum atomic E-state index is 10.3. The average Bonchev–Trinajstić information content (AvgIpc) is 2.50. The molecule has 1 aliphatic carbocycles. The lowest BCUT2D eigenvalue weighted by atomic mass is 10.2. The van der Waals surface area contributed by atoms with Crippen LogP contribution in [-0.2, 0) is 11.1 Å². The van der Waals surface area contributed by atoms with Crippen molar-refractivity contribution >= 4 is 11.1 Å². The van der Waals surface area contributed by atoms with Crippen molar-refractivity contribution in [1.82, 2.24) is 0 Å². The Morgan fingerprint density at radius 2 is 2.33 bits per heavy atom. The molecule has 0 saturated heterocycles. The lowest BCUT2D eigenvalue weighted by molar-refractivity contribution is 0.515. The van der Waals surface area contributed by atoms with Gasteiger partial charge in [0.25, 0.3) is 0 Å². The summed E-state index contributed by atoms with van der Waals surface area (Å²) in [5.74, 6) is 0.720. The Bertz CT molecular complexity index is 120. The molecule has 1 aliphatic rings. The second-order valence-electron chi connectivity index (χ2n) is 2.75. The normalized spacial score (nSPS) is 25.6. The van der Waals surface area contributed by atoms with Crippen LogP contribution in [0.25, 0.3) is 0 Å². The molecule has 54 valence electrons. The molecule has 0 N–H and O–H groups in total. The third-order valence-corrected chi connectivity index (χ3v) is 2.54. The van der Waals surface area contributed by atoms with Crippen LogP contribution in [0.5, 0.6) is 0 Å². The van der Waals surface area contributed by atoms with Gasteiger partial charge in [-0.2, -0.15) is 0 Å². The van der Waals surface area contributed by atoms with Gasteiger partial charge in [0.1, 0.15) is 0 Å². The Balaban J connectivity index is 2.16. The fraction of sp³-hybridized carbons (Fsp3) is 1.00. The zero-order valence-corrected chi connectivity index (χ0v) is 6.32. The van der Waals surface area contributed by atoms with E-state index in [1.54, 1.807) is 6.92 Å². The van der Waals surface area contributed by atoms with Gasteiger partial charge < -0.3 is 4.55 Å². The molecule has 0 amide bonds. The summed E-state index contributed by atoms with van der Waals surface area (Å²) < 4.78 is 20.5. The van der Waals surface area contributed by atoms with E-state index in [1.807, 2.05) is 0 Å². The lowest BCUT2D eigenvalue weighted by Crippen LogP contribution is -2.09. The van der Waals surface area contributed by atoms with Gasteiger partial charge in [-0.25, -0.2) is 0 Å². The van der Waals surface area contributed by atoms with Crippen LogP contribution in [0.2, 0.25) is 0 Å². The number of hydrogen-bond acceptors (Lipinski definition) is 2. The van der Waals surface area contributed by atoms with E-state index in [9.17, 15) is 8.76 Å². The maximum Gasteiger partial charge on any atom is 0.0190 e. The van der Waals surface area contributed by atoms with Crippen molar-refractivity contribution in [3.05, 3.63) is 0 Å². The minimum Gasteiger partial charge on any atom is -0.772 e. The molecule has 0 aromatic heterocycles. The largest absolute Gasteiger partial charge is 0.772 e. The molecule has 0 radical (unpaired) electrons. The lowest BCUT2D eigenvalue weighted by Gasteiger charge is -2.12. The Hall–Kier alpha value is 0.110. The molecule has 2 unspecified atom stereocenters. The van der Waals surface area contributed by atoms with Crippen molar-refractivity contribution in [3.8, 4) is 0 Å². The topological polar surface area (TPSA) is 40.1 Å². The molecule has 3 heteroatoms. The number of rotatable bonds is 3. The molecule has 1 rings (SSSR count). The van der Waals surface area contributed by atoms with Crippen molar-refractivity contribution in [2.45, 2.75) is 31.4 Å². The zero-order valence-electron chi connectivity index (χ0n) is 5.50. The molecule has 0 heterocycles. The van der Waals surface area contributed by atoms with E-state index >= 15 is 0 Å². The summed E-state index contributed by atoms with van der Waals surface area (Å²) in [6, 6.07) is 0. The minimum atomic E-state index is -1.84. The molecule has 2 nitrogen and oxygen atoms in total. The smallest absolute Gasteiger partial charge is 0.0190 e. The van der Waals surface area contributed by atoms with Crippen LogP contribution in [0, 0.1) is 5.92 Å². The molecule has 1 fully saturated rings.